The van der Waals surface area contributed by atoms with Gasteiger partial charge in [-0.3, -0.25) is 0 Å². The Labute approximate surface area is 115 Å². The summed E-state index contributed by atoms with van der Waals surface area (Å²) in [7, 11) is 0. The first-order valence-electron chi connectivity index (χ1n) is 6.19. The first kappa shape index (κ1) is 12.2. The fourth-order valence-electron chi connectivity index (χ4n) is 2.12. The lowest BCUT2D eigenvalue weighted by Gasteiger charge is -2.06. The molecule has 1 aliphatic heterocycles. The summed E-state index contributed by atoms with van der Waals surface area (Å²) in [6, 6.07) is 15.3. The van der Waals surface area contributed by atoms with Crippen molar-refractivity contribution in [2.45, 2.75) is 6.61 Å². The van der Waals surface area contributed by atoms with Crippen molar-refractivity contribution in [1.82, 2.24) is 0 Å². The Morgan fingerprint density at radius 1 is 1.10 bits per heavy atom. The van der Waals surface area contributed by atoms with Crippen LogP contribution in [-0.4, -0.2) is 5.94 Å². The highest BCUT2D eigenvalue weighted by Crippen LogP contribution is 2.11. The van der Waals surface area contributed by atoms with Gasteiger partial charge in [-0.1, -0.05) is 36.4 Å². The van der Waals surface area contributed by atoms with Crippen molar-refractivity contribution >= 4 is 11.6 Å². The zero-order valence-corrected chi connectivity index (χ0v) is 10.7. The summed E-state index contributed by atoms with van der Waals surface area (Å²) in [5, 5.41) is 1.31. The van der Waals surface area contributed by atoms with Crippen molar-refractivity contribution in [2.75, 3.05) is 0 Å². The van der Waals surface area contributed by atoms with Crippen molar-refractivity contribution in [3.63, 3.8) is 0 Å². The summed E-state index contributed by atoms with van der Waals surface area (Å²) in [6.07, 6.45) is 0. The predicted molar refractivity (Wildman–Crippen MR) is 74.8 cm³/mol. The van der Waals surface area contributed by atoms with E-state index in [9.17, 15) is 4.79 Å². The van der Waals surface area contributed by atoms with Crippen LogP contribution in [-0.2, 0) is 11.4 Å². The van der Waals surface area contributed by atoms with Crippen molar-refractivity contribution in [2.24, 2.45) is 10.7 Å². The van der Waals surface area contributed by atoms with Gasteiger partial charge in [0, 0.05) is 0 Å². The van der Waals surface area contributed by atoms with E-state index in [1.54, 1.807) is 12.0 Å². The molecule has 0 aliphatic carbocycles. The molecule has 1 heterocycles. The molecule has 0 saturated heterocycles. The molecule has 0 unspecified atom stereocenters. The summed E-state index contributed by atoms with van der Waals surface area (Å²) < 4.78 is 5.79. The van der Waals surface area contributed by atoms with Gasteiger partial charge in [-0.05, 0) is 17.7 Å². The summed E-state index contributed by atoms with van der Waals surface area (Å²) in [4.78, 5) is 14.9. The number of ether oxygens (including phenoxy) is 1. The van der Waals surface area contributed by atoms with Crippen LogP contribution in [0.4, 0.5) is 0 Å². The van der Waals surface area contributed by atoms with Gasteiger partial charge in [0.2, 0.25) is 0 Å². The van der Waals surface area contributed by atoms with Crippen LogP contribution in [0.1, 0.15) is 5.56 Å². The van der Waals surface area contributed by atoms with Gasteiger partial charge in [-0.25, -0.2) is 9.79 Å². The van der Waals surface area contributed by atoms with E-state index < -0.39 is 0 Å². The molecule has 20 heavy (non-hydrogen) atoms. The molecule has 2 aromatic carbocycles. The van der Waals surface area contributed by atoms with Crippen LogP contribution in [0.2, 0.25) is 0 Å². The Kier molecular flexibility index (Phi) is 3.07. The highest BCUT2D eigenvalue weighted by atomic mass is 16.5. The minimum absolute atomic E-state index is 0.135. The van der Waals surface area contributed by atoms with Gasteiger partial charge in [0.15, 0.2) is 11.6 Å². The zero-order chi connectivity index (χ0) is 13.9. The number of hydrogen-bond acceptors (Lipinski definition) is 4. The fraction of sp³-hybridized carbons (Fsp3) is 0.0625. The van der Waals surface area contributed by atoms with E-state index >= 15 is 0 Å². The molecule has 0 atom stereocenters. The number of carbonyl (C=O) groups excluding carboxylic acids is 1. The highest BCUT2D eigenvalue weighted by Gasteiger charge is 2.14. The van der Waals surface area contributed by atoms with Crippen LogP contribution in [0.15, 0.2) is 59.2 Å². The average molecular weight is 264 g/mol. The van der Waals surface area contributed by atoms with Crippen LogP contribution < -0.4 is 21.0 Å². The molecule has 0 spiro atoms. The van der Waals surface area contributed by atoms with Crippen molar-refractivity contribution in [3.05, 3.63) is 70.4 Å². The van der Waals surface area contributed by atoms with E-state index in [1.165, 1.54) is 0 Å². The number of nitrogens with zero attached hydrogens (tertiary/aromatic N) is 1. The van der Waals surface area contributed by atoms with E-state index in [0.29, 0.717) is 28.6 Å². The molecular formula is C16H12N2O2. The normalized spacial score (nSPS) is 12.6. The van der Waals surface area contributed by atoms with Crippen molar-refractivity contribution in [3.8, 4) is 5.75 Å². The molecule has 4 nitrogen and oxygen atoms in total. The van der Waals surface area contributed by atoms with Gasteiger partial charge in [-0.15, -0.1) is 0 Å². The third-order valence-electron chi connectivity index (χ3n) is 3.09. The number of nitrogens with two attached hydrogens (primary N) is 1. The lowest BCUT2D eigenvalue weighted by molar-refractivity contribution is 0.303. The molecule has 0 amide bonds. The van der Waals surface area contributed by atoms with Gasteiger partial charge in [-0.2, -0.15) is 0 Å². The Morgan fingerprint density at radius 2 is 1.90 bits per heavy atom. The third-order valence-corrected chi connectivity index (χ3v) is 3.09. The lowest BCUT2D eigenvalue weighted by atomic mass is 10.2. The monoisotopic (exact) mass is 264 g/mol. The number of fused-ring (bicyclic) bond motifs is 1. The van der Waals surface area contributed by atoms with Gasteiger partial charge in [0.25, 0.3) is 0 Å². The average Bonchev–Trinajstić information content (AvgIpc) is 2.83. The third kappa shape index (κ3) is 2.09. The first-order chi connectivity index (χ1) is 9.79. The second kappa shape index (κ2) is 5.03. The minimum Gasteiger partial charge on any atom is -0.488 e. The maximum absolute atomic E-state index is 10.8. The van der Waals surface area contributed by atoms with E-state index in [2.05, 4.69) is 4.99 Å². The van der Waals surface area contributed by atoms with Crippen LogP contribution in [0.3, 0.4) is 0 Å². The summed E-state index contributed by atoms with van der Waals surface area (Å²) >= 11 is 0. The van der Waals surface area contributed by atoms with Crippen LogP contribution in [0.25, 0.3) is 5.70 Å². The second-order valence-electron chi connectivity index (χ2n) is 4.40. The minimum atomic E-state index is 0.135. The number of rotatable bonds is 3. The Hall–Kier alpha value is -2.84. The molecule has 3 rings (SSSR count). The molecule has 2 N–H and O–H groups in total. The fourth-order valence-corrected chi connectivity index (χ4v) is 2.12. The Balaban J connectivity index is 1.99. The van der Waals surface area contributed by atoms with Crippen LogP contribution in [0.5, 0.6) is 5.75 Å². The smallest absolute Gasteiger partial charge is 0.171 e. The standard InChI is InChI=1S/C16H12N2O2/c17-16-13(9-19)18-12-7-4-8-14(15(12)16)20-10-11-5-2-1-3-6-11/h1-8H,10,17H2. The SMILES string of the molecule is NC1=c2c(OCc3ccccc3)cccc2=NC1=C=O. The van der Waals surface area contributed by atoms with Crippen LogP contribution >= 0.6 is 0 Å². The summed E-state index contributed by atoms with van der Waals surface area (Å²) in [5.74, 6) is 2.37. The Morgan fingerprint density at radius 3 is 2.65 bits per heavy atom. The molecule has 4 heteroatoms. The van der Waals surface area contributed by atoms with E-state index in [1.807, 2.05) is 42.5 Å². The first-order valence-corrected chi connectivity index (χ1v) is 6.19. The molecule has 98 valence electrons. The molecule has 0 saturated carbocycles. The van der Waals surface area contributed by atoms with Crippen molar-refractivity contribution < 1.29 is 9.53 Å². The largest absolute Gasteiger partial charge is 0.488 e. The number of hydrogen-bond donors (Lipinski definition) is 1. The van der Waals surface area contributed by atoms with Crippen LogP contribution in [0, 0.1) is 0 Å². The van der Waals surface area contributed by atoms with Gasteiger partial charge >= 0.3 is 0 Å². The summed E-state index contributed by atoms with van der Waals surface area (Å²) in [6.45, 7) is 0.435. The van der Waals surface area contributed by atoms with Crippen molar-refractivity contribution in [1.29, 1.82) is 0 Å². The molecule has 0 radical (unpaired) electrons. The Bertz CT molecular complexity index is 819. The summed E-state index contributed by atoms with van der Waals surface area (Å²) in [5.41, 5.74) is 7.43. The highest BCUT2D eigenvalue weighted by molar-refractivity contribution is 5.77. The predicted octanol–water partition coefficient (Wildman–Crippen LogP) is 0.681. The van der Waals surface area contributed by atoms with E-state index in [-0.39, 0.29) is 5.70 Å². The quantitative estimate of drug-likeness (QED) is 0.829. The maximum atomic E-state index is 10.8. The van der Waals surface area contributed by atoms with Gasteiger partial charge < -0.3 is 10.5 Å². The molecule has 0 fully saturated rings. The molecule has 0 aromatic heterocycles. The molecule has 2 aromatic rings. The molecular weight excluding hydrogens is 252 g/mol. The zero-order valence-electron chi connectivity index (χ0n) is 10.7. The number of benzene rings is 2. The maximum Gasteiger partial charge on any atom is 0.171 e. The van der Waals surface area contributed by atoms with E-state index in [4.69, 9.17) is 10.5 Å². The van der Waals surface area contributed by atoms with Gasteiger partial charge in [0.1, 0.15) is 12.4 Å². The topological polar surface area (TPSA) is 64.7 Å². The molecule has 0 bridgehead atoms. The van der Waals surface area contributed by atoms with E-state index in [0.717, 1.165) is 5.56 Å². The van der Waals surface area contributed by atoms with Gasteiger partial charge in [0.05, 0.1) is 16.3 Å². The lowest BCUT2D eigenvalue weighted by Crippen LogP contribution is -2.27. The second-order valence-corrected chi connectivity index (χ2v) is 4.40. The molecule has 1 aliphatic rings.